The first-order valence-corrected chi connectivity index (χ1v) is 4.45. The summed E-state index contributed by atoms with van der Waals surface area (Å²) in [4.78, 5) is 10.5. The van der Waals surface area contributed by atoms with Gasteiger partial charge in [-0.3, -0.25) is 10.1 Å². The Balaban J connectivity index is 3.29. The highest BCUT2D eigenvalue weighted by molar-refractivity contribution is 5.47. The Kier molecular flexibility index (Phi) is 3.01. The maximum atomic E-state index is 10.8. The van der Waals surface area contributed by atoms with E-state index in [9.17, 15) is 10.1 Å². The fraction of sp³-hybridized carbons (Fsp3) is 0.400. The molecule has 0 fully saturated rings. The second-order valence-corrected chi connectivity index (χ2v) is 2.89. The lowest BCUT2D eigenvalue weighted by molar-refractivity contribution is -0.386. The topological polar surface area (TPSA) is 43.1 Å². The predicted octanol–water partition coefficient (Wildman–Crippen LogP) is 2.72. The van der Waals surface area contributed by atoms with Crippen LogP contribution >= 0.6 is 0 Å². The van der Waals surface area contributed by atoms with E-state index in [1.165, 1.54) is 0 Å². The van der Waals surface area contributed by atoms with Crippen molar-refractivity contribution >= 4 is 5.69 Å². The Labute approximate surface area is 77.5 Å². The molecule has 0 radical (unpaired) electrons. The first-order valence-electron chi connectivity index (χ1n) is 4.45. The smallest absolute Gasteiger partial charge is 0.258 e. The highest BCUT2D eigenvalue weighted by Gasteiger charge is 2.16. The molecule has 3 nitrogen and oxygen atoms in total. The molecule has 0 saturated heterocycles. The predicted molar refractivity (Wildman–Crippen MR) is 51.9 cm³/mol. The van der Waals surface area contributed by atoms with Crippen LogP contribution in [-0.2, 0) is 12.8 Å². The summed E-state index contributed by atoms with van der Waals surface area (Å²) in [5, 5.41) is 10.8. The maximum Gasteiger partial charge on any atom is 0.275 e. The molecular formula is C10H13NO2. The molecular weight excluding hydrogens is 166 g/mol. The lowest BCUT2D eigenvalue weighted by atomic mass is 10.0. The van der Waals surface area contributed by atoms with Gasteiger partial charge in [0.05, 0.1) is 4.92 Å². The van der Waals surface area contributed by atoms with E-state index in [1.54, 1.807) is 0 Å². The van der Waals surface area contributed by atoms with Crippen LogP contribution < -0.4 is 0 Å². The van der Waals surface area contributed by atoms with E-state index < -0.39 is 0 Å². The van der Waals surface area contributed by atoms with Crippen LogP contribution in [0.1, 0.15) is 25.0 Å². The van der Waals surface area contributed by atoms with Gasteiger partial charge < -0.3 is 0 Å². The molecule has 0 amide bonds. The van der Waals surface area contributed by atoms with Crippen molar-refractivity contribution in [3.05, 3.63) is 39.4 Å². The van der Waals surface area contributed by atoms with E-state index >= 15 is 0 Å². The quantitative estimate of drug-likeness (QED) is 0.529. The fourth-order valence-electron chi connectivity index (χ4n) is 1.45. The summed E-state index contributed by atoms with van der Waals surface area (Å²) in [6.07, 6.45) is 1.42. The summed E-state index contributed by atoms with van der Waals surface area (Å²) in [5.41, 5.74) is 1.95. The zero-order valence-electron chi connectivity index (χ0n) is 7.91. The molecule has 13 heavy (non-hydrogen) atoms. The minimum Gasteiger partial charge on any atom is -0.258 e. The van der Waals surface area contributed by atoms with Crippen LogP contribution in [0.3, 0.4) is 0 Å². The standard InChI is InChI=1S/C10H13NO2/c1-3-8-6-5-7-9(4-2)10(8)11(12)13/h5-7H,3-4H2,1-2H3. The number of nitro benzene ring substituents is 1. The summed E-state index contributed by atoms with van der Waals surface area (Å²) in [5.74, 6) is 0. The van der Waals surface area contributed by atoms with Crippen LogP contribution in [0.5, 0.6) is 0 Å². The van der Waals surface area contributed by atoms with Gasteiger partial charge >= 0.3 is 0 Å². The lowest BCUT2D eigenvalue weighted by Gasteiger charge is -2.03. The molecule has 0 aliphatic heterocycles. The van der Waals surface area contributed by atoms with Gasteiger partial charge in [-0.1, -0.05) is 32.0 Å². The molecule has 3 heteroatoms. The maximum absolute atomic E-state index is 10.8. The monoisotopic (exact) mass is 179 g/mol. The highest BCUT2D eigenvalue weighted by atomic mass is 16.6. The number of nitrogens with zero attached hydrogens (tertiary/aromatic N) is 1. The van der Waals surface area contributed by atoms with Crippen LogP contribution in [0.15, 0.2) is 18.2 Å². The summed E-state index contributed by atoms with van der Waals surface area (Å²) in [7, 11) is 0. The fourth-order valence-corrected chi connectivity index (χ4v) is 1.45. The van der Waals surface area contributed by atoms with Gasteiger partial charge in [0, 0.05) is 11.1 Å². The molecule has 0 aromatic heterocycles. The summed E-state index contributed by atoms with van der Waals surface area (Å²) in [6.45, 7) is 3.86. The Bertz CT molecular complexity index is 298. The largest absolute Gasteiger partial charge is 0.275 e. The van der Waals surface area contributed by atoms with Gasteiger partial charge in [-0.05, 0) is 12.8 Å². The highest BCUT2D eigenvalue weighted by Crippen LogP contribution is 2.24. The van der Waals surface area contributed by atoms with Crippen molar-refractivity contribution < 1.29 is 4.92 Å². The first kappa shape index (κ1) is 9.71. The average Bonchev–Trinajstić information content (AvgIpc) is 2.16. The number of rotatable bonds is 3. The molecule has 0 saturated carbocycles. The second-order valence-electron chi connectivity index (χ2n) is 2.89. The number of hydrogen-bond donors (Lipinski definition) is 0. The van der Waals surface area contributed by atoms with E-state index in [0.29, 0.717) is 18.5 Å². The molecule has 1 aromatic carbocycles. The molecule has 0 heterocycles. The molecule has 0 N–H and O–H groups in total. The van der Waals surface area contributed by atoms with Crippen LogP contribution in [0.2, 0.25) is 0 Å². The van der Waals surface area contributed by atoms with Gasteiger partial charge in [-0.2, -0.15) is 0 Å². The third-order valence-corrected chi connectivity index (χ3v) is 2.15. The number of hydrogen-bond acceptors (Lipinski definition) is 2. The normalized spacial score (nSPS) is 10.0. The van der Waals surface area contributed by atoms with E-state index in [2.05, 4.69) is 0 Å². The van der Waals surface area contributed by atoms with Crippen LogP contribution in [-0.4, -0.2) is 4.92 Å². The van der Waals surface area contributed by atoms with Crippen molar-refractivity contribution in [2.24, 2.45) is 0 Å². The van der Waals surface area contributed by atoms with Gasteiger partial charge in [-0.15, -0.1) is 0 Å². The van der Waals surface area contributed by atoms with E-state index in [4.69, 9.17) is 0 Å². The Morgan fingerprint density at radius 1 is 1.23 bits per heavy atom. The van der Waals surface area contributed by atoms with Crippen LogP contribution in [0.25, 0.3) is 0 Å². The molecule has 1 aromatic rings. The average molecular weight is 179 g/mol. The summed E-state index contributed by atoms with van der Waals surface area (Å²) >= 11 is 0. The number of nitro groups is 1. The molecule has 70 valence electrons. The SMILES string of the molecule is CCc1cccc(CC)c1[N+](=O)[O-]. The Morgan fingerprint density at radius 3 is 2.00 bits per heavy atom. The van der Waals surface area contributed by atoms with Crippen LogP contribution in [0, 0.1) is 10.1 Å². The van der Waals surface area contributed by atoms with Crippen molar-refractivity contribution in [2.75, 3.05) is 0 Å². The Hall–Kier alpha value is -1.38. The summed E-state index contributed by atoms with van der Waals surface area (Å²) < 4.78 is 0. The molecule has 1 rings (SSSR count). The van der Waals surface area contributed by atoms with E-state index in [-0.39, 0.29) is 4.92 Å². The third-order valence-electron chi connectivity index (χ3n) is 2.15. The molecule has 0 aliphatic carbocycles. The molecule has 0 bridgehead atoms. The van der Waals surface area contributed by atoms with Gasteiger partial charge in [0.25, 0.3) is 5.69 Å². The van der Waals surface area contributed by atoms with Gasteiger partial charge in [0.15, 0.2) is 0 Å². The zero-order valence-corrected chi connectivity index (χ0v) is 7.91. The minimum atomic E-state index is -0.280. The van der Waals surface area contributed by atoms with Gasteiger partial charge in [0.2, 0.25) is 0 Å². The molecule has 0 atom stereocenters. The Morgan fingerprint density at radius 2 is 1.69 bits per heavy atom. The van der Waals surface area contributed by atoms with E-state index in [1.807, 2.05) is 32.0 Å². The van der Waals surface area contributed by atoms with Crippen LogP contribution in [0.4, 0.5) is 5.69 Å². The van der Waals surface area contributed by atoms with Gasteiger partial charge in [-0.25, -0.2) is 0 Å². The second kappa shape index (κ2) is 4.03. The van der Waals surface area contributed by atoms with Crippen molar-refractivity contribution in [1.82, 2.24) is 0 Å². The van der Waals surface area contributed by atoms with Crippen molar-refractivity contribution in [3.8, 4) is 0 Å². The molecule has 0 unspecified atom stereocenters. The first-order chi connectivity index (χ1) is 6.20. The minimum absolute atomic E-state index is 0.280. The van der Waals surface area contributed by atoms with E-state index in [0.717, 1.165) is 11.1 Å². The van der Waals surface area contributed by atoms with Crippen molar-refractivity contribution in [1.29, 1.82) is 0 Å². The number of para-hydroxylation sites is 1. The van der Waals surface area contributed by atoms with Crippen molar-refractivity contribution in [2.45, 2.75) is 26.7 Å². The lowest BCUT2D eigenvalue weighted by Crippen LogP contribution is -1.98. The molecule has 0 aliphatic rings. The number of benzene rings is 1. The number of aryl methyl sites for hydroxylation is 2. The van der Waals surface area contributed by atoms with Crippen molar-refractivity contribution in [3.63, 3.8) is 0 Å². The zero-order chi connectivity index (χ0) is 9.84. The third kappa shape index (κ3) is 1.86. The molecule has 0 spiro atoms. The summed E-state index contributed by atoms with van der Waals surface area (Å²) in [6, 6.07) is 5.51. The van der Waals surface area contributed by atoms with Gasteiger partial charge in [0.1, 0.15) is 0 Å².